The van der Waals surface area contributed by atoms with E-state index in [0.29, 0.717) is 43.6 Å². The number of hydrogen-bond donors (Lipinski definition) is 2. The van der Waals surface area contributed by atoms with Gasteiger partial charge in [0.05, 0.1) is 24.2 Å². The lowest BCUT2D eigenvalue weighted by atomic mass is 10.2. The Labute approximate surface area is 199 Å². The summed E-state index contributed by atoms with van der Waals surface area (Å²) in [5, 5.41) is 2.96. The Morgan fingerprint density at radius 1 is 1.24 bits per heavy atom. The van der Waals surface area contributed by atoms with E-state index in [1.165, 1.54) is 0 Å². The molecular weight excluding hydrogens is 462 g/mol. The smallest absolute Gasteiger partial charge is 0.321 e. The van der Waals surface area contributed by atoms with Crippen molar-refractivity contribution < 1.29 is 18.3 Å². The molecule has 0 radical (unpaired) electrons. The SMILES string of the molecule is CS(=O)C1CCN(C(=O)Nc2ccc(-c3nc(C[S+](C)O)cc(N4CCOCC4)n3)cc2)C1. The van der Waals surface area contributed by atoms with E-state index < -0.39 is 22.0 Å². The number of amides is 2. The van der Waals surface area contributed by atoms with Crippen LogP contribution in [0.1, 0.15) is 12.1 Å². The van der Waals surface area contributed by atoms with Crippen molar-refractivity contribution in [3.05, 3.63) is 36.0 Å². The quantitative estimate of drug-likeness (QED) is 0.595. The summed E-state index contributed by atoms with van der Waals surface area (Å²) in [7, 11) is -0.920. The van der Waals surface area contributed by atoms with Crippen molar-refractivity contribution in [3.8, 4) is 11.4 Å². The van der Waals surface area contributed by atoms with Crippen LogP contribution in [0.15, 0.2) is 30.3 Å². The summed E-state index contributed by atoms with van der Waals surface area (Å²) < 4.78 is 27.0. The average molecular weight is 493 g/mol. The molecule has 2 amide bonds. The van der Waals surface area contributed by atoms with Crippen molar-refractivity contribution >= 4 is 39.5 Å². The van der Waals surface area contributed by atoms with Gasteiger partial charge in [-0.1, -0.05) is 0 Å². The lowest BCUT2D eigenvalue weighted by Crippen LogP contribution is -2.37. The predicted molar refractivity (Wildman–Crippen MR) is 133 cm³/mol. The molecule has 4 rings (SSSR count). The Bertz CT molecular complexity index is 999. The molecule has 9 nitrogen and oxygen atoms in total. The minimum atomic E-state index is -0.920. The largest absolute Gasteiger partial charge is 0.378 e. The normalized spacial score (nSPS) is 20.5. The van der Waals surface area contributed by atoms with Gasteiger partial charge in [0, 0.05) is 60.6 Å². The molecule has 3 heterocycles. The maximum absolute atomic E-state index is 12.6. The number of benzene rings is 1. The summed E-state index contributed by atoms with van der Waals surface area (Å²) in [5.41, 5.74) is 2.31. The van der Waals surface area contributed by atoms with Gasteiger partial charge in [0.1, 0.15) is 23.2 Å². The monoisotopic (exact) mass is 492 g/mol. The molecule has 2 N–H and O–H groups in total. The summed E-state index contributed by atoms with van der Waals surface area (Å²) in [6, 6.07) is 9.20. The van der Waals surface area contributed by atoms with E-state index >= 15 is 0 Å². The first-order valence-corrected chi connectivity index (χ1v) is 14.3. The van der Waals surface area contributed by atoms with Gasteiger partial charge < -0.3 is 19.9 Å². The van der Waals surface area contributed by atoms with Gasteiger partial charge in [-0.2, -0.15) is 4.55 Å². The molecule has 2 saturated heterocycles. The molecule has 0 spiro atoms. The fourth-order valence-corrected chi connectivity index (χ4v) is 5.35. The molecule has 3 unspecified atom stereocenters. The first-order valence-electron chi connectivity index (χ1n) is 10.9. The highest BCUT2D eigenvalue weighted by molar-refractivity contribution is 7.90. The molecule has 0 bridgehead atoms. The van der Waals surface area contributed by atoms with Gasteiger partial charge in [-0.25, -0.2) is 14.8 Å². The molecular formula is C22H30N5O4S2+. The number of anilines is 2. The standard InChI is InChI=1S/C22H29N5O4S2/c1-32(29)15-18-13-20(26-9-11-31-12-10-26)25-21(23-18)16-3-5-17(6-4-16)24-22(28)27-8-7-19(14-27)33(2)30/h3-6,13,19,29H,7-12,14-15H2,1-2H3/p+1. The second-order valence-corrected chi connectivity index (χ2v) is 11.4. The van der Waals surface area contributed by atoms with Gasteiger partial charge >= 0.3 is 6.03 Å². The van der Waals surface area contributed by atoms with Crippen LogP contribution >= 0.6 is 0 Å². The van der Waals surface area contributed by atoms with Gasteiger partial charge in [-0.05, 0) is 30.7 Å². The third kappa shape index (κ3) is 6.23. The van der Waals surface area contributed by atoms with Crippen LogP contribution in [0.4, 0.5) is 16.3 Å². The summed E-state index contributed by atoms with van der Waals surface area (Å²) in [5.74, 6) is 1.89. The third-order valence-electron chi connectivity index (χ3n) is 5.75. The number of carbonyl (C=O) groups is 1. The topological polar surface area (TPSA) is 108 Å². The number of nitrogens with one attached hydrogen (secondary N) is 1. The Morgan fingerprint density at radius 2 is 1.97 bits per heavy atom. The van der Waals surface area contributed by atoms with Gasteiger partial charge in [0.15, 0.2) is 11.6 Å². The molecule has 2 aromatic rings. The van der Waals surface area contributed by atoms with Gasteiger partial charge in [0.2, 0.25) is 0 Å². The molecule has 11 heteroatoms. The van der Waals surface area contributed by atoms with Gasteiger partial charge in [0.25, 0.3) is 0 Å². The zero-order valence-electron chi connectivity index (χ0n) is 18.9. The van der Waals surface area contributed by atoms with Crippen molar-refractivity contribution in [2.45, 2.75) is 17.4 Å². The first-order chi connectivity index (χ1) is 15.9. The highest BCUT2D eigenvalue weighted by atomic mass is 32.2. The average Bonchev–Trinajstić information content (AvgIpc) is 3.31. The highest BCUT2D eigenvalue weighted by Crippen LogP contribution is 2.24. The first kappa shape index (κ1) is 23.9. The van der Waals surface area contributed by atoms with E-state index in [4.69, 9.17) is 9.72 Å². The van der Waals surface area contributed by atoms with Crippen LogP contribution in [0.5, 0.6) is 0 Å². The lowest BCUT2D eigenvalue weighted by molar-refractivity contribution is 0.122. The van der Waals surface area contributed by atoms with Crippen LogP contribution in [-0.4, -0.2) is 86.8 Å². The summed E-state index contributed by atoms with van der Waals surface area (Å²) in [6.07, 6.45) is 4.23. The molecule has 1 aromatic heterocycles. The van der Waals surface area contributed by atoms with Crippen molar-refractivity contribution in [1.82, 2.24) is 14.9 Å². The number of morpholine rings is 1. The van der Waals surface area contributed by atoms with Crippen molar-refractivity contribution in [2.24, 2.45) is 0 Å². The summed E-state index contributed by atoms with van der Waals surface area (Å²) in [4.78, 5) is 25.9. The molecule has 33 heavy (non-hydrogen) atoms. The summed E-state index contributed by atoms with van der Waals surface area (Å²) in [6.45, 7) is 3.98. The molecule has 0 saturated carbocycles. The maximum Gasteiger partial charge on any atom is 0.321 e. The van der Waals surface area contributed by atoms with Crippen LogP contribution < -0.4 is 10.2 Å². The number of aromatic nitrogens is 2. The number of hydrogen-bond acceptors (Lipinski definition) is 7. The number of likely N-dealkylation sites (tertiary alicyclic amines) is 1. The predicted octanol–water partition coefficient (Wildman–Crippen LogP) is 2.19. The summed E-state index contributed by atoms with van der Waals surface area (Å²) >= 11 is -0.767. The molecule has 2 aliphatic rings. The van der Waals surface area contributed by atoms with E-state index in [2.05, 4.69) is 15.2 Å². The van der Waals surface area contributed by atoms with Crippen molar-refractivity contribution in [3.63, 3.8) is 0 Å². The minimum Gasteiger partial charge on any atom is -0.378 e. The molecule has 0 aliphatic carbocycles. The Kier molecular flexibility index (Phi) is 7.84. The lowest BCUT2D eigenvalue weighted by Gasteiger charge is -2.28. The highest BCUT2D eigenvalue weighted by Gasteiger charge is 2.28. The fourth-order valence-electron chi connectivity index (χ4n) is 3.94. The zero-order chi connectivity index (χ0) is 23.4. The van der Waals surface area contributed by atoms with Crippen LogP contribution in [0.3, 0.4) is 0 Å². The molecule has 1 aromatic carbocycles. The zero-order valence-corrected chi connectivity index (χ0v) is 20.5. The van der Waals surface area contributed by atoms with Crippen LogP contribution in [0, 0.1) is 0 Å². The third-order valence-corrected chi connectivity index (χ3v) is 7.79. The molecule has 3 atom stereocenters. The Balaban J connectivity index is 1.49. The van der Waals surface area contributed by atoms with E-state index in [-0.39, 0.29) is 11.3 Å². The van der Waals surface area contributed by atoms with Crippen LogP contribution in [0.2, 0.25) is 0 Å². The van der Waals surface area contributed by atoms with E-state index in [1.54, 1.807) is 17.4 Å². The van der Waals surface area contributed by atoms with Crippen molar-refractivity contribution in [2.75, 3.05) is 62.1 Å². The van der Waals surface area contributed by atoms with E-state index in [0.717, 1.165) is 36.6 Å². The second kappa shape index (κ2) is 10.8. The Morgan fingerprint density at radius 3 is 2.61 bits per heavy atom. The van der Waals surface area contributed by atoms with E-state index in [1.807, 2.05) is 30.3 Å². The number of rotatable bonds is 6. The fraction of sp³-hybridized carbons (Fsp3) is 0.500. The number of carbonyl (C=O) groups excluding carboxylic acids is 1. The van der Waals surface area contributed by atoms with Gasteiger partial charge in [-0.15, -0.1) is 0 Å². The number of ether oxygens (including phenoxy) is 1. The van der Waals surface area contributed by atoms with Crippen LogP contribution in [-0.2, 0) is 32.5 Å². The molecule has 178 valence electrons. The number of urea groups is 1. The molecule has 2 fully saturated rings. The van der Waals surface area contributed by atoms with E-state index in [9.17, 15) is 13.6 Å². The van der Waals surface area contributed by atoms with Crippen molar-refractivity contribution in [1.29, 1.82) is 0 Å². The van der Waals surface area contributed by atoms with Gasteiger partial charge in [-0.3, -0.25) is 4.21 Å². The van der Waals surface area contributed by atoms with Crippen LogP contribution in [0.25, 0.3) is 11.4 Å². The molecule has 2 aliphatic heterocycles. The second-order valence-electron chi connectivity index (χ2n) is 8.25. The number of nitrogens with zero attached hydrogens (tertiary/aromatic N) is 4. The minimum absolute atomic E-state index is 0.0467. The maximum atomic E-state index is 12.6. The Hall–Kier alpha value is -2.21.